The first kappa shape index (κ1) is 20.9. The molecule has 144 valence electrons. The molecule has 0 spiro atoms. The highest BCUT2D eigenvalue weighted by atomic mass is 79.9. The Morgan fingerprint density at radius 3 is 2.33 bits per heavy atom. The van der Waals surface area contributed by atoms with Gasteiger partial charge in [0.05, 0.1) is 15.2 Å². The number of anilines is 1. The van der Waals surface area contributed by atoms with Gasteiger partial charge in [-0.2, -0.15) is 0 Å². The van der Waals surface area contributed by atoms with E-state index in [1.807, 2.05) is 26.0 Å². The van der Waals surface area contributed by atoms with Crippen LogP contribution in [0.15, 0.2) is 40.2 Å². The van der Waals surface area contributed by atoms with Crippen molar-refractivity contribution >= 4 is 50.8 Å². The van der Waals surface area contributed by atoms with E-state index in [-0.39, 0.29) is 30.4 Å². The molecule has 0 saturated heterocycles. The molecule has 2 aromatic rings. The molecule has 1 aromatic carbocycles. The van der Waals surface area contributed by atoms with Crippen LogP contribution in [0.3, 0.4) is 0 Å². The minimum Gasteiger partial charge on any atom is -0.350 e. The number of amides is 4. The number of carbonyl (C=O) groups is 3. The van der Waals surface area contributed by atoms with Crippen LogP contribution >= 0.6 is 27.3 Å². The molecule has 0 fully saturated rings. The summed E-state index contributed by atoms with van der Waals surface area (Å²) < 4.78 is 0.858. The third kappa shape index (κ3) is 7.40. The first-order chi connectivity index (χ1) is 12.8. The van der Waals surface area contributed by atoms with Gasteiger partial charge >= 0.3 is 6.03 Å². The van der Waals surface area contributed by atoms with E-state index in [2.05, 4.69) is 37.2 Å². The van der Waals surface area contributed by atoms with Gasteiger partial charge in [-0.05, 0) is 59.6 Å². The fraction of sp³-hybridized carbons (Fsp3) is 0.278. The maximum atomic E-state index is 11.9. The van der Waals surface area contributed by atoms with E-state index in [0.29, 0.717) is 17.1 Å². The number of halogens is 1. The molecule has 1 aromatic heterocycles. The van der Waals surface area contributed by atoms with Crippen molar-refractivity contribution in [3.8, 4) is 0 Å². The Kier molecular flexibility index (Phi) is 7.81. The Morgan fingerprint density at radius 1 is 1.04 bits per heavy atom. The Labute approximate surface area is 170 Å². The monoisotopic (exact) mass is 452 g/mol. The lowest BCUT2D eigenvalue weighted by molar-refractivity contribution is -0.120. The maximum absolute atomic E-state index is 11.9. The lowest BCUT2D eigenvalue weighted by atomic mass is 10.2. The largest absolute Gasteiger partial charge is 0.350 e. The van der Waals surface area contributed by atoms with Gasteiger partial charge in [0.2, 0.25) is 5.91 Å². The second kappa shape index (κ2) is 10.1. The zero-order chi connectivity index (χ0) is 19.8. The maximum Gasteiger partial charge on any atom is 0.319 e. The van der Waals surface area contributed by atoms with Crippen molar-refractivity contribution in [1.29, 1.82) is 0 Å². The highest BCUT2D eigenvalue weighted by molar-refractivity contribution is 9.11. The highest BCUT2D eigenvalue weighted by Crippen LogP contribution is 2.21. The normalized spacial score (nSPS) is 10.4. The van der Waals surface area contributed by atoms with Crippen LogP contribution in [0.25, 0.3) is 0 Å². The van der Waals surface area contributed by atoms with Crippen LogP contribution in [0, 0.1) is 0 Å². The highest BCUT2D eigenvalue weighted by Gasteiger charge is 2.10. The van der Waals surface area contributed by atoms with E-state index in [4.69, 9.17) is 0 Å². The second-order valence-corrected chi connectivity index (χ2v) is 8.48. The van der Waals surface area contributed by atoms with Gasteiger partial charge in [-0.25, -0.2) is 4.79 Å². The number of thiophene rings is 1. The van der Waals surface area contributed by atoms with Crippen LogP contribution in [0.1, 0.15) is 29.1 Å². The average molecular weight is 453 g/mol. The molecule has 0 bridgehead atoms. The number of carbonyl (C=O) groups excluding carboxylic acids is 3. The van der Waals surface area contributed by atoms with Crippen LogP contribution in [0.5, 0.6) is 0 Å². The summed E-state index contributed by atoms with van der Waals surface area (Å²) in [6.45, 7) is 4.00. The van der Waals surface area contributed by atoms with E-state index < -0.39 is 0 Å². The summed E-state index contributed by atoms with van der Waals surface area (Å²) in [6.07, 6.45) is 0. The summed E-state index contributed by atoms with van der Waals surface area (Å²) in [6, 6.07) is 10.4. The number of hydrogen-bond donors (Lipinski definition) is 4. The molecular formula is C18H21BrN4O3S. The molecule has 0 aliphatic carbocycles. The van der Waals surface area contributed by atoms with Gasteiger partial charge < -0.3 is 21.3 Å². The molecule has 0 unspecified atom stereocenters. The molecule has 27 heavy (non-hydrogen) atoms. The van der Waals surface area contributed by atoms with Crippen molar-refractivity contribution < 1.29 is 14.4 Å². The molecular weight excluding hydrogens is 432 g/mol. The molecule has 2 rings (SSSR count). The molecule has 4 amide bonds. The summed E-state index contributed by atoms with van der Waals surface area (Å²) in [5, 5.41) is 10.8. The van der Waals surface area contributed by atoms with E-state index >= 15 is 0 Å². The number of hydrogen-bond acceptors (Lipinski definition) is 4. The topological polar surface area (TPSA) is 99.3 Å². The molecule has 4 N–H and O–H groups in total. The van der Waals surface area contributed by atoms with Crippen LogP contribution in [-0.4, -0.2) is 30.4 Å². The van der Waals surface area contributed by atoms with Gasteiger partial charge in [0.1, 0.15) is 0 Å². The number of benzene rings is 1. The summed E-state index contributed by atoms with van der Waals surface area (Å²) in [5.41, 5.74) is 1.55. The lowest BCUT2D eigenvalue weighted by Crippen LogP contribution is -2.36. The van der Waals surface area contributed by atoms with Crippen LogP contribution in [-0.2, 0) is 11.3 Å². The number of urea groups is 1. The Balaban J connectivity index is 1.73. The fourth-order valence-electron chi connectivity index (χ4n) is 2.08. The van der Waals surface area contributed by atoms with Crippen molar-refractivity contribution in [3.63, 3.8) is 0 Å². The zero-order valence-corrected chi connectivity index (χ0v) is 17.4. The molecule has 7 nitrogen and oxygen atoms in total. The van der Waals surface area contributed by atoms with E-state index in [1.165, 1.54) is 11.3 Å². The van der Waals surface area contributed by atoms with Crippen molar-refractivity contribution in [2.24, 2.45) is 0 Å². The molecule has 0 radical (unpaired) electrons. The van der Waals surface area contributed by atoms with Crippen LogP contribution in [0.2, 0.25) is 0 Å². The van der Waals surface area contributed by atoms with Gasteiger partial charge in [0.25, 0.3) is 5.91 Å². The molecule has 0 saturated carbocycles. The number of rotatable bonds is 7. The zero-order valence-electron chi connectivity index (χ0n) is 15.0. The summed E-state index contributed by atoms with van der Waals surface area (Å²) in [7, 11) is 0. The molecule has 0 aliphatic rings. The predicted molar refractivity (Wildman–Crippen MR) is 110 cm³/mol. The minimum atomic E-state index is -0.282. The van der Waals surface area contributed by atoms with Gasteiger partial charge in [-0.1, -0.05) is 12.1 Å². The minimum absolute atomic E-state index is 0.0568. The van der Waals surface area contributed by atoms with Crippen molar-refractivity contribution in [1.82, 2.24) is 16.0 Å². The van der Waals surface area contributed by atoms with E-state index in [0.717, 1.165) is 9.35 Å². The van der Waals surface area contributed by atoms with Gasteiger partial charge in [0, 0.05) is 18.3 Å². The summed E-state index contributed by atoms with van der Waals surface area (Å²) in [4.78, 5) is 35.9. The van der Waals surface area contributed by atoms with Gasteiger partial charge in [0.15, 0.2) is 0 Å². The SMILES string of the molecule is CC(C)NC(=O)Nc1ccc(CNC(=O)CNC(=O)c2ccc(Br)s2)cc1. The van der Waals surface area contributed by atoms with Gasteiger partial charge in [-0.15, -0.1) is 11.3 Å². The van der Waals surface area contributed by atoms with Crippen LogP contribution < -0.4 is 21.3 Å². The predicted octanol–water partition coefficient (Wildman–Crippen LogP) is 3.09. The Bertz CT molecular complexity index is 805. The van der Waals surface area contributed by atoms with Gasteiger partial charge in [-0.3, -0.25) is 9.59 Å². The molecule has 0 aliphatic heterocycles. The lowest BCUT2D eigenvalue weighted by Gasteiger charge is -2.11. The van der Waals surface area contributed by atoms with E-state index in [9.17, 15) is 14.4 Å². The number of nitrogens with one attached hydrogen (secondary N) is 4. The van der Waals surface area contributed by atoms with Crippen LogP contribution in [0.4, 0.5) is 10.5 Å². The summed E-state index contributed by atoms with van der Waals surface area (Å²) in [5.74, 6) is -0.562. The quantitative estimate of drug-likeness (QED) is 0.519. The molecule has 1 heterocycles. The second-order valence-electron chi connectivity index (χ2n) is 6.01. The molecule has 9 heteroatoms. The van der Waals surface area contributed by atoms with Crippen molar-refractivity contribution in [3.05, 3.63) is 50.6 Å². The fourth-order valence-corrected chi connectivity index (χ4v) is 3.38. The Morgan fingerprint density at radius 2 is 1.74 bits per heavy atom. The third-order valence-corrected chi connectivity index (χ3v) is 4.95. The van der Waals surface area contributed by atoms with Crippen molar-refractivity contribution in [2.45, 2.75) is 26.4 Å². The third-order valence-electron chi connectivity index (χ3n) is 3.33. The Hall–Kier alpha value is -2.39. The first-order valence-electron chi connectivity index (χ1n) is 8.30. The average Bonchev–Trinajstić information content (AvgIpc) is 3.05. The smallest absolute Gasteiger partial charge is 0.319 e. The first-order valence-corrected chi connectivity index (χ1v) is 9.91. The standard InChI is InChI=1S/C18H21BrN4O3S/c1-11(2)22-18(26)23-13-5-3-12(4-6-13)9-20-16(24)10-21-17(25)14-7-8-15(19)27-14/h3-8,11H,9-10H2,1-2H3,(H,20,24)(H,21,25)(H2,22,23,26). The van der Waals surface area contributed by atoms with E-state index in [1.54, 1.807) is 24.3 Å². The van der Waals surface area contributed by atoms with Crippen molar-refractivity contribution in [2.75, 3.05) is 11.9 Å². The molecule has 0 atom stereocenters. The summed E-state index contributed by atoms with van der Waals surface area (Å²) >= 11 is 4.60.